The Morgan fingerprint density at radius 2 is 0.643 bits per heavy atom. The SMILES string of the molecule is Cc1ccc2c3ccc(C)cc3n(-c3nc(N4c5ccccc5Oc5ccccc54)c(-n4c5cc(C)ccc5c5ccc(C)cc54)c(-c4ccc5c6ccccc6n(-c6ccccc6)c5c4)c3-n3c4cc(C)ccc4c4ccc(C)cc43)c2c1. The third-order valence-electron chi connectivity index (χ3n) is 17.6. The first-order valence-corrected chi connectivity index (χ1v) is 29.0. The highest BCUT2D eigenvalue weighted by Crippen LogP contribution is 2.56. The predicted octanol–water partition coefficient (Wildman–Crippen LogP) is 20.6. The molecule has 17 rings (SSSR count). The summed E-state index contributed by atoms with van der Waals surface area (Å²) in [7, 11) is 0. The van der Waals surface area contributed by atoms with Crippen LogP contribution in [-0.2, 0) is 0 Å². The second-order valence-corrected chi connectivity index (χ2v) is 23.3. The van der Waals surface area contributed by atoms with Crippen molar-refractivity contribution in [3.63, 3.8) is 0 Å². The average molecular weight is 1080 g/mol. The van der Waals surface area contributed by atoms with Crippen molar-refractivity contribution >= 4 is 104 Å². The zero-order valence-corrected chi connectivity index (χ0v) is 47.5. The standard InChI is InChI=1S/C77H56N6O/c1-45-24-31-54-55-32-25-46(2)39-65(55)80(64(54)38-45)74-73(51-30-37-60-53-18-10-11-19-61(53)79(70(60)44-51)52-16-8-7-9-17-52)75(81-66-40-47(3)26-33-56(66)57-34-27-48(4)41-67(57)81)77(83-68-42-49(5)28-35-58(68)59-36-29-50(6)43-69(59)83)78-76(74)82-62-20-12-14-22-71(62)84-72-23-15-13-21-63(72)82/h7-44H,1-6H3. The zero-order chi connectivity index (χ0) is 56.2. The van der Waals surface area contributed by atoms with Crippen LogP contribution in [0.5, 0.6) is 11.5 Å². The van der Waals surface area contributed by atoms with Crippen molar-refractivity contribution in [1.82, 2.24) is 23.3 Å². The Bertz CT molecular complexity index is 5270. The van der Waals surface area contributed by atoms with E-state index in [9.17, 15) is 0 Å². The Kier molecular flexibility index (Phi) is 10.3. The van der Waals surface area contributed by atoms with E-state index in [1.165, 1.54) is 32.7 Å². The molecule has 0 amide bonds. The zero-order valence-electron chi connectivity index (χ0n) is 47.5. The number of hydrogen-bond donors (Lipinski definition) is 0. The van der Waals surface area contributed by atoms with Crippen LogP contribution in [0.3, 0.4) is 0 Å². The van der Waals surface area contributed by atoms with E-state index in [0.717, 1.165) is 151 Å². The van der Waals surface area contributed by atoms with Crippen molar-refractivity contribution in [2.75, 3.05) is 4.90 Å². The second kappa shape index (κ2) is 17.9. The van der Waals surface area contributed by atoms with Crippen molar-refractivity contribution in [2.45, 2.75) is 41.5 Å². The molecule has 11 aromatic carbocycles. The van der Waals surface area contributed by atoms with Gasteiger partial charge < -0.3 is 18.4 Å². The molecule has 400 valence electrons. The van der Waals surface area contributed by atoms with Gasteiger partial charge in [0.25, 0.3) is 0 Å². The summed E-state index contributed by atoms with van der Waals surface area (Å²) in [5.74, 6) is 3.03. The van der Waals surface area contributed by atoms with Gasteiger partial charge in [0.2, 0.25) is 0 Å². The summed E-state index contributed by atoms with van der Waals surface area (Å²) in [5, 5.41) is 9.36. The van der Waals surface area contributed by atoms with Gasteiger partial charge in [-0.05, 0) is 165 Å². The Hall–Kier alpha value is -10.6. The fourth-order valence-electron chi connectivity index (χ4n) is 13.9. The molecule has 1 aliphatic rings. The molecule has 84 heavy (non-hydrogen) atoms. The molecule has 16 aromatic rings. The van der Waals surface area contributed by atoms with E-state index in [2.05, 4.69) is 295 Å². The minimum absolute atomic E-state index is 0.746. The molecule has 0 saturated carbocycles. The number of pyridine rings is 1. The molecule has 0 fully saturated rings. The van der Waals surface area contributed by atoms with Gasteiger partial charge in [-0.2, -0.15) is 0 Å². The lowest BCUT2D eigenvalue weighted by molar-refractivity contribution is 0.476. The van der Waals surface area contributed by atoms with Crippen LogP contribution in [-0.4, -0.2) is 23.3 Å². The van der Waals surface area contributed by atoms with Crippen molar-refractivity contribution in [2.24, 2.45) is 0 Å². The van der Waals surface area contributed by atoms with Crippen LogP contribution in [0, 0.1) is 41.5 Å². The van der Waals surface area contributed by atoms with Crippen LogP contribution in [0.4, 0.5) is 17.2 Å². The van der Waals surface area contributed by atoms with E-state index >= 15 is 0 Å². The molecular formula is C77H56N6O. The van der Waals surface area contributed by atoms with E-state index in [4.69, 9.17) is 9.72 Å². The summed E-state index contributed by atoms with van der Waals surface area (Å²) in [5.41, 5.74) is 22.6. The van der Waals surface area contributed by atoms with Gasteiger partial charge in [-0.1, -0.05) is 146 Å². The lowest BCUT2D eigenvalue weighted by Crippen LogP contribution is -2.22. The van der Waals surface area contributed by atoms with Crippen LogP contribution < -0.4 is 9.64 Å². The van der Waals surface area contributed by atoms with Crippen molar-refractivity contribution < 1.29 is 4.74 Å². The third kappa shape index (κ3) is 6.96. The monoisotopic (exact) mass is 1080 g/mol. The summed E-state index contributed by atoms with van der Waals surface area (Å²) < 4.78 is 17.0. The highest BCUT2D eigenvalue weighted by Gasteiger charge is 2.37. The van der Waals surface area contributed by atoms with Gasteiger partial charge in [-0.25, -0.2) is 4.98 Å². The molecule has 0 aliphatic carbocycles. The number of hydrogen-bond acceptors (Lipinski definition) is 3. The number of aryl methyl sites for hydroxylation is 6. The summed E-state index contributed by atoms with van der Waals surface area (Å²) in [6.07, 6.45) is 0. The lowest BCUT2D eigenvalue weighted by atomic mass is 9.98. The molecule has 0 radical (unpaired) electrons. The maximum absolute atomic E-state index is 6.94. The molecule has 6 heterocycles. The van der Waals surface area contributed by atoms with Gasteiger partial charge in [-0.15, -0.1) is 0 Å². The molecule has 0 spiro atoms. The van der Waals surface area contributed by atoms with E-state index in [1.807, 2.05) is 0 Å². The van der Waals surface area contributed by atoms with Crippen molar-refractivity contribution in [3.05, 3.63) is 264 Å². The quantitative estimate of drug-likeness (QED) is 0.167. The number of ether oxygens (including phenoxy) is 1. The predicted molar refractivity (Wildman–Crippen MR) is 350 cm³/mol. The number of para-hydroxylation sites is 6. The number of rotatable bonds is 6. The lowest BCUT2D eigenvalue weighted by Gasteiger charge is -2.35. The van der Waals surface area contributed by atoms with E-state index in [1.54, 1.807) is 0 Å². The first kappa shape index (κ1) is 48.1. The molecule has 0 bridgehead atoms. The fourth-order valence-corrected chi connectivity index (χ4v) is 13.9. The smallest absolute Gasteiger partial charge is 0.165 e. The molecule has 0 saturated heterocycles. The van der Waals surface area contributed by atoms with Gasteiger partial charge in [0.05, 0.1) is 55.5 Å². The maximum atomic E-state index is 6.94. The minimum Gasteiger partial charge on any atom is -0.453 e. The summed E-state index contributed by atoms with van der Waals surface area (Å²) >= 11 is 0. The fraction of sp³-hybridized carbons (Fsp3) is 0.0779. The summed E-state index contributed by atoms with van der Waals surface area (Å²) in [6.45, 7) is 13.3. The maximum Gasteiger partial charge on any atom is 0.165 e. The van der Waals surface area contributed by atoms with Crippen LogP contribution in [0.25, 0.3) is 121 Å². The average Bonchev–Trinajstić information content (AvgIpc) is 1.44. The Morgan fingerprint density at radius 3 is 1.11 bits per heavy atom. The van der Waals surface area contributed by atoms with Gasteiger partial charge in [0, 0.05) is 54.3 Å². The topological polar surface area (TPSA) is 45.1 Å². The van der Waals surface area contributed by atoms with Gasteiger partial charge in [0.15, 0.2) is 23.1 Å². The third-order valence-corrected chi connectivity index (χ3v) is 17.6. The van der Waals surface area contributed by atoms with E-state index < -0.39 is 0 Å². The highest BCUT2D eigenvalue weighted by atomic mass is 16.5. The van der Waals surface area contributed by atoms with E-state index in [-0.39, 0.29) is 0 Å². The molecule has 7 nitrogen and oxygen atoms in total. The number of aromatic nitrogens is 5. The second-order valence-electron chi connectivity index (χ2n) is 23.3. The highest BCUT2D eigenvalue weighted by molar-refractivity contribution is 6.17. The van der Waals surface area contributed by atoms with Gasteiger partial charge >= 0.3 is 0 Å². The molecular weight excluding hydrogens is 1020 g/mol. The molecule has 1 aliphatic heterocycles. The van der Waals surface area contributed by atoms with Crippen LogP contribution in [0.15, 0.2) is 231 Å². The summed E-state index contributed by atoms with van der Waals surface area (Å²) in [4.78, 5) is 8.94. The molecule has 5 aromatic heterocycles. The van der Waals surface area contributed by atoms with Gasteiger partial charge in [0.1, 0.15) is 11.4 Å². The number of nitrogens with zero attached hydrogens (tertiary/aromatic N) is 6. The van der Waals surface area contributed by atoms with Crippen LogP contribution >= 0.6 is 0 Å². The van der Waals surface area contributed by atoms with Crippen LogP contribution in [0.1, 0.15) is 33.4 Å². The Balaban J connectivity index is 1.20. The largest absolute Gasteiger partial charge is 0.453 e. The van der Waals surface area contributed by atoms with Crippen LogP contribution in [0.2, 0.25) is 0 Å². The summed E-state index contributed by atoms with van der Waals surface area (Å²) in [6, 6.07) is 85.3. The molecule has 0 unspecified atom stereocenters. The number of benzene rings is 11. The minimum atomic E-state index is 0.746. The number of fused-ring (bicyclic) bond motifs is 14. The molecule has 7 heteroatoms. The van der Waals surface area contributed by atoms with Gasteiger partial charge in [-0.3, -0.25) is 9.47 Å². The van der Waals surface area contributed by atoms with Crippen molar-refractivity contribution in [3.8, 4) is 45.5 Å². The Labute approximate surface area is 485 Å². The Morgan fingerprint density at radius 1 is 0.286 bits per heavy atom. The van der Waals surface area contributed by atoms with E-state index in [0.29, 0.717) is 0 Å². The normalized spacial score (nSPS) is 12.5. The molecule has 0 atom stereocenters. The number of anilines is 3. The first-order valence-electron chi connectivity index (χ1n) is 29.0. The molecule has 0 N–H and O–H groups in total. The first-order chi connectivity index (χ1) is 41.1. The van der Waals surface area contributed by atoms with Crippen molar-refractivity contribution in [1.29, 1.82) is 0 Å².